The SMILES string of the molecule is CCCC(CCC)n1cc(C#CCN)c(=O)[nH]c1=O. The van der Waals surface area contributed by atoms with Crippen LogP contribution in [0.4, 0.5) is 0 Å². The third-order valence-corrected chi connectivity index (χ3v) is 2.93. The number of hydrogen-bond acceptors (Lipinski definition) is 3. The van der Waals surface area contributed by atoms with Crippen molar-refractivity contribution >= 4 is 0 Å². The van der Waals surface area contributed by atoms with Gasteiger partial charge < -0.3 is 5.73 Å². The number of aromatic amines is 1. The number of rotatable bonds is 5. The summed E-state index contributed by atoms with van der Waals surface area (Å²) in [5.74, 6) is 5.34. The first-order valence-corrected chi connectivity index (χ1v) is 6.68. The molecule has 5 heteroatoms. The van der Waals surface area contributed by atoms with Gasteiger partial charge in [0.15, 0.2) is 0 Å². The molecule has 0 amide bonds. The van der Waals surface area contributed by atoms with Crippen molar-refractivity contribution in [2.45, 2.75) is 45.6 Å². The number of nitrogens with two attached hydrogens (primary N) is 1. The molecule has 19 heavy (non-hydrogen) atoms. The van der Waals surface area contributed by atoms with Crippen LogP contribution in [0.3, 0.4) is 0 Å². The fourth-order valence-electron chi connectivity index (χ4n) is 2.08. The summed E-state index contributed by atoms with van der Waals surface area (Å²) in [6, 6.07) is 0.109. The monoisotopic (exact) mass is 263 g/mol. The first kappa shape index (κ1) is 15.3. The van der Waals surface area contributed by atoms with Crippen LogP contribution in [0.5, 0.6) is 0 Å². The molecule has 0 aromatic carbocycles. The Balaban J connectivity index is 3.25. The zero-order valence-corrected chi connectivity index (χ0v) is 11.5. The topological polar surface area (TPSA) is 80.9 Å². The van der Waals surface area contributed by atoms with Crippen molar-refractivity contribution in [1.29, 1.82) is 0 Å². The summed E-state index contributed by atoms with van der Waals surface area (Å²) in [6.45, 7) is 4.34. The fourth-order valence-corrected chi connectivity index (χ4v) is 2.08. The van der Waals surface area contributed by atoms with E-state index in [9.17, 15) is 9.59 Å². The van der Waals surface area contributed by atoms with Crippen molar-refractivity contribution in [3.63, 3.8) is 0 Å². The highest BCUT2D eigenvalue weighted by Gasteiger charge is 2.12. The zero-order chi connectivity index (χ0) is 14.3. The minimum atomic E-state index is -0.450. The van der Waals surface area contributed by atoms with Gasteiger partial charge in [0.25, 0.3) is 5.56 Å². The Morgan fingerprint density at radius 1 is 1.32 bits per heavy atom. The first-order valence-electron chi connectivity index (χ1n) is 6.68. The van der Waals surface area contributed by atoms with Gasteiger partial charge in [-0.2, -0.15) is 0 Å². The standard InChI is InChI=1S/C14H21N3O2/c1-3-6-12(7-4-2)17-10-11(8-5-9-15)13(18)16-14(17)19/h10,12H,3-4,6-7,9,15H2,1-2H3,(H,16,18,19). The van der Waals surface area contributed by atoms with E-state index in [0.717, 1.165) is 25.7 Å². The van der Waals surface area contributed by atoms with E-state index in [4.69, 9.17) is 5.73 Å². The Kier molecular flexibility index (Phi) is 6.10. The van der Waals surface area contributed by atoms with Gasteiger partial charge in [-0.15, -0.1) is 0 Å². The minimum absolute atomic E-state index is 0.109. The summed E-state index contributed by atoms with van der Waals surface area (Å²) < 4.78 is 1.59. The highest BCUT2D eigenvalue weighted by Crippen LogP contribution is 2.17. The van der Waals surface area contributed by atoms with E-state index in [2.05, 4.69) is 30.7 Å². The minimum Gasteiger partial charge on any atom is -0.320 e. The molecule has 0 saturated carbocycles. The molecule has 0 bridgehead atoms. The lowest BCUT2D eigenvalue weighted by atomic mass is 10.1. The molecule has 3 N–H and O–H groups in total. The number of nitrogens with one attached hydrogen (secondary N) is 1. The molecular formula is C14H21N3O2. The highest BCUT2D eigenvalue weighted by atomic mass is 16.2. The maximum atomic E-state index is 11.9. The van der Waals surface area contributed by atoms with Gasteiger partial charge in [-0.1, -0.05) is 38.5 Å². The molecule has 1 rings (SSSR count). The molecule has 0 aliphatic rings. The average Bonchev–Trinajstić information content (AvgIpc) is 2.38. The van der Waals surface area contributed by atoms with Crippen molar-refractivity contribution < 1.29 is 0 Å². The number of aromatic nitrogens is 2. The highest BCUT2D eigenvalue weighted by molar-refractivity contribution is 5.29. The molecule has 0 fully saturated rings. The molecule has 5 nitrogen and oxygen atoms in total. The predicted octanol–water partition coefficient (Wildman–Crippen LogP) is 0.988. The van der Waals surface area contributed by atoms with Gasteiger partial charge in [0.2, 0.25) is 0 Å². The summed E-state index contributed by atoms with van der Waals surface area (Å²) in [5, 5.41) is 0. The van der Waals surface area contributed by atoms with E-state index in [-0.39, 0.29) is 18.3 Å². The fraction of sp³-hybridized carbons (Fsp3) is 0.571. The third kappa shape index (κ3) is 4.11. The van der Waals surface area contributed by atoms with Gasteiger partial charge in [-0.05, 0) is 12.8 Å². The molecule has 0 radical (unpaired) electrons. The van der Waals surface area contributed by atoms with Gasteiger partial charge in [0, 0.05) is 12.2 Å². The van der Waals surface area contributed by atoms with E-state index in [1.54, 1.807) is 10.8 Å². The Bertz CT molecular complexity index is 569. The van der Waals surface area contributed by atoms with Gasteiger partial charge in [0.05, 0.1) is 6.54 Å². The van der Waals surface area contributed by atoms with Gasteiger partial charge >= 0.3 is 5.69 Å². The van der Waals surface area contributed by atoms with Gasteiger partial charge in [-0.25, -0.2) is 4.79 Å². The van der Waals surface area contributed by atoms with E-state index >= 15 is 0 Å². The summed E-state index contributed by atoms with van der Waals surface area (Å²) in [5.41, 5.74) is 4.77. The van der Waals surface area contributed by atoms with Crippen LogP contribution in [0.2, 0.25) is 0 Å². The van der Waals surface area contributed by atoms with Crippen LogP contribution in [0, 0.1) is 11.8 Å². The average molecular weight is 263 g/mol. The maximum absolute atomic E-state index is 11.9. The van der Waals surface area contributed by atoms with E-state index in [1.807, 2.05) is 0 Å². The number of H-pyrrole nitrogens is 1. The largest absolute Gasteiger partial charge is 0.328 e. The molecule has 1 aromatic heterocycles. The smallest absolute Gasteiger partial charge is 0.320 e. The normalized spacial score (nSPS) is 10.3. The van der Waals surface area contributed by atoms with Crippen LogP contribution < -0.4 is 17.0 Å². The molecule has 0 unspecified atom stereocenters. The van der Waals surface area contributed by atoms with Gasteiger partial charge in [0.1, 0.15) is 5.56 Å². The predicted molar refractivity (Wildman–Crippen MR) is 76.1 cm³/mol. The second-order valence-electron chi connectivity index (χ2n) is 4.45. The van der Waals surface area contributed by atoms with Crippen LogP contribution >= 0.6 is 0 Å². The molecule has 1 heterocycles. The number of hydrogen-bond donors (Lipinski definition) is 2. The van der Waals surface area contributed by atoms with Crippen molar-refractivity contribution in [1.82, 2.24) is 9.55 Å². The maximum Gasteiger partial charge on any atom is 0.328 e. The summed E-state index contributed by atoms with van der Waals surface area (Å²) in [6.07, 6.45) is 5.34. The first-order chi connectivity index (χ1) is 9.13. The van der Waals surface area contributed by atoms with Crippen LogP contribution in [0.1, 0.15) is 51.1 Å². The lowest BCUT2D eigenvalue weighted by molar-refractivity contribution is 0.408. The van der Waals surface area contributed by atoms with Crippen molar-refractivity contribution in [3.8, 4) is 11.8 Å². The van der Waals surface area contributed by atoms with E-state index in [0.29, 0.717) is 5.56 Å². The second kappa shape index (κ2) is 7.59. The van der Waals surface area contributed by atoms with E-state index in [1.165, 1.54) is 0 Å². The Hall–Kier alpha value is -1.80. The molecule has 0 saturated heterocycles. The Morgan fingerprint density at radius 3 is 2.47 bits per heavy atom. The third-order valence-electron chi connectivity index (χ3n) is 2.93. The lowest BCUT2D eigenvalue weighted by Gasteiger charge is -2.18. The molecule has 1 aromatic rings. The molecule has 0 aliphatic carbocycles. The van der Waals surface area contributed by atoms with E-state index < -0.39 is 5.56 Å². The Morgan fingerprint density at radius 2 is 1.95 bits per heavy atom. The van der Waals surface area contributed by atoms with Crippen molar-refractivity contribution in [2.24, 2.45) is 5.73 Å². The molecule has 0 atom stereocenters. The van der Waals surface area contributed by atoms with Gasteiger partial charge in [-0.3, -0.25) is 14.3 Å². The molecular weight excluding hydrogens is 242 g/mol. The summed E-state index contributed by atoms with van der Waals surface area (Å²) in [7, 11) is 0. The summed E-state index contributed by atoms with van der Waals surface area (Å²) in [4.78, 5) is 25.8. The van der Waals surface area contributed by atoms with Crippen LogP contribution in [0.15, 0.2) is 15.8 Å². The lowest BCUT2D eigenvalue weighted by Crippen LogP contribution is -2.33. The quantitative estimate of drug-likeness (QED) is 0.777. The second-order valence-corrected chi connectivity index (χ2v) is 4.45. The van der Waals surface area contributed by atoms with Crippen molar-refractivity contribution in [3.05, 3.63) is 32.6 Å². The zero-order valence-electron chi connectivity index (χ0n) is 11.5. The van der Waals surface area contributed by atoms with Crippen LogP contribution in [0.25, 0.3) is 0 Å². The number of nitrogens with zero attached hydrogens (tertiary/aromatic N) is 1. The molecule has 0 aliphatic heterocycles. The molecule has 104 valence electrons. The molecule has 0 spiro atoms. The van der Waals surface area contributed by atoms with Crippen LogP contribution in [-0.4, -0.2) is 16.1 Å². The summed E-state index contributed by atoms with van der Waals surface area (Å²) >= 11 is 0. The van der Waals surface area contributed by atoms with Crippen molar-refractivity contribution in [2.75, 3.05) is 6.54 Å². The van der Waals surface area contributed by atoms with Crippen LogP contribution in [-0.2, 0) is 0 Å². The Labute approximate surface area is 112 Å².